The van der Waals surface area contributed by atoms with Gasteiger partial charge in [-0.2, -0.15) is 0 Å². The number of hydrogen-bond donors (Lipinski definition) is 1. The molecule has 0 radical (unpaired) electrons. The Balaban J connectivity index is 1.37. The molecule has 0 saturated carbocycles. The standard InChI is InChI=1S/C31H35F3N6O2/c1-20(22-8-10-23(11-9-22)39-16-14-24(19-39)38(2)3)26(29(35)41)17-28-37-27-5-4-15-36-30(27)40(28)18-21-6-12-25(13-7-21)42-31(32,33)34/h4-13,15,20,24,26H,14,16-19H2,1-3H3,(H2,35,41)/t20-,24+,26?/m1/s1. The highest BCUT2D eigenvalue weighted by Gasteiger charge is 2.31. The van der Waals surface area contributed by atoms with Gasteiger partial charge in [0.05, 0.1) is 12.5 Å². The van der Waals surface area contributed by atoms with Crippen molar-refractivity contribution in [1.29, 1.82) is 0 Å². The molecule has 222 valence electrons. The third-order valence-electron chi connectivity index (χ3n) is 8.13. The summed E-state index contributed by atoms with van der Waals surface area (Å²) < 4.78 is 43.7. The zero-order valence-corrected chi connectivity index (χ0v) is 23.9. The van der Waals surface area contributed by atoms with Crippen molar-refractivity contribution in [3.8, 4) is 5.75 Å². The quantitative estimate of drug-likeness (QED) is 0.285. The van der Waals surface area contributed by atoms with E-state index in [0.29, 0.717) is 29.6 Å². The topological polar surface area (TPSA) is 89.5 Å². The Morgan fingerprint density at radius 2 is 1.83 bits per heavy atom. The molecule has 0 bridgehead atoms. The van der Waals surface area contributed by atoms with Gasteiger partial charge in [-0.25, -0.2) is 9.97 Å². The number of nitrogens with zero attached hydrogens (tertiary/aromatic N) is 5. The van der Waals surface area contributed by atoms with E-state index in [2.05, 4.69) is 57.9 Å². The van der Waals surface area contributed by atoms with Gasteiger partial charge >= 0.3 is 6.36 Å². The maximum atomic E-state index is 12.8. The van der Waals surface area contributed by atoms with Crippen LogP contribution < -0.4 is 15.4 Å². The third-order valence-corrected chi connectivity index (χ3v) is 8.13. The number of hydrogen-bond acceptors (Lipinski definition) is 6. The first kappa shape index (κ1) is 29.4. The van der Waals surface area contributed by atoms with E-state index >= 15 is 0 Å². The predicted octanol–water partition coefficient (Wildman–Crippen LogP) is 4.97. The number of fused-ring (bicyclic) bond motifs is 1. The Morgan fingerprint density at radius 1 is 1.12 bits per heavy atom. The van der Waals surface area contributed by atoms with Gasteiger partial charge in [-0.05, 0) is 74.0 Å². The molecule has 0 aliphatic carbocycles. The summed E-state index contributed by atoms with van der Waals surface area (Å²) >= 11 is 0. The lowest BCUT2D eigenvalue weighted by atomic mass is 9.84. The van der Waals surface area contributed by atoms with Crippen LogP contribution in [0, 0.1) is 5.92 Å². The summed E-state index contributed by atoms with van der Waals surface area (Å²) in [6.07, 6.45) is -1.71. The van der Waals surface area contributed by atoms with Gasteiger partial charge in [-0.15, -0.1) is 13.2 Å². The molecule has 1 saturated heterocycles. The number of nitrogens with two attached hydrogens (primary N) is 1. The fourth-order valence-corrected chi connectivity index (χ4v) is 5.65. The minimum Gasteiger partial charge on any atom is -0.406 e. The zero-order valence-electron chi connectivity index (χ0n) is 23.9. The minimum absolute atomic E-state index is 0.176. The fraction of sp³-hybridized carbons (Fsp3) is 0.387. The van der Waals surface area contributed by atoms with Crippen molar-refractivity contribution >= 4 is 22.8 Å². The molecule has 1 aliphatic heterocycles. The van der Waals surface area contributed by atoms with Gasteiger partial charge in [0.25, 0.3) is 0 Å². The van der Waals surface area contributed by atoms with Crippen molar-refractivity contribution in [3.05, 3.63) is 83.8 Å². The van der Waals surface area contributed by atoms with E-state index in [1.54, 1.807) is 24.4 Å². The summed E-state index contributed by atoms with van der Waals surface area (Å²) in [6, 6.07) is 18.2. The summed E-state index contributed by atoms with van der Waals surface area (Å²) in [4.78, 5) is 26.7. The number of rotatable bonds is 10. The van der Waals surface area contributed by atoms with Crippen LogP contribution in [0.1, 0.15) is 36.2 Å². The number of amides is 1. The first-order valence-electron chi connectivity index (χ1n) is 13.9. The number of imidazole rings is 1. The van der Waals surface area contributed by atoms with E-state index in [4.69, 9.17) is 10.7 Å². The second kappa shape index (κ2) is 12.0. The summed E-state index contributed by atoms with van der Waals surface area (Å²) in [5.74, 6) is -0.821. The van der Waals surface area contributed by atoms with Gasteiger partial charge in [0.2, 0.25) is 5.91 Å². The molecule has 2 aromatic heterocycles. The molecule has 1 fully saturated rings. The van der Waals surface area contributed by atoms with Crippen molar-refractivity contribution in [2.45, 2.75) is 44.6 Å². The number of likely N-dealkylation sites (N-methyl/N-ethyl adjacent to an activating group) is 1. The van der Waals surface area contributed by atoms with Crippen molar-refractivity contribution in [2.24, 2.45) is 11.7 Å². The van der Waals surface area contributed by atoms with Gasteiger partial charge in [0.15, 0.2) is 5.65 Å². The molecule has 1 unspecified atom stereocenters. The van der Waals surface area contributed by atoms with E-state index in [9.17, 15) is 18.0 Å². The van der Waals surface area contributed by atoms with Gasteiger partial charge in [0.1, 0.15) is 17.1 Å². The lowest BCUT2D eigenvalue weighted by Crippen LogP contribution is -2.31. The third kappa shape index (κ3) is 6.67. The van der Waals surface area contributed by atoms with Crippen LogP contribution in [0.25, 0.3) is 11.2 Å². The van der Waals surface area contributed by atoms with E-state index in [1.165, 1.54) is 12.1 Å². The van der Waals surface area contributed by atoms with Gasteiger partial charge in [-0.3, -0.25) is 4.79 Å². The number of ether oxygens (including phenoxy) is 1. The minimum atomic E-state index is -4.76. The van der Waals surface area contributed by atoms with E-state index in [0.717, 1.165) is 36.3 Å². The number of pyridine rings is 1. The molecule has 2 aromatic carbocycles. The Kier molecular flexibility index (Phi) is 8.40. The molecule has 3 atom stereocenters. The molecule has 42 heavy (non-hydrogen) atoms. The van der Waals surface area contributed by atoms with Crippen LogP contribution in [0.2, 0.25) is 0 Å². The number of primary amides is 1. The average molecular weight is 581 g/mol. The maximum Gasteiger partial charge on any atom is 0.573 e. The molecule has 0 spiro atoms. The normalized spacial score (nSPS) is 17.1. The average Bonchev–Trinajstić information content (AvgIpc) is 3.57. The SMILES string of the molecule is C[C@H](c1ccc(N2CC[C@H](N(C)C)C2)cc1)C(Cc1nc2cccnc2n1Cc1ccc(OC(F)(F)F)cc1)C(N)=O. The van der Waals surface area contributed by atoms with Gasteiger partial charge < -0.3 is 24.8 Å². The molecule has 5 rings (SSSR count). The number of anilines is 1. The lowest BCUT2D eigenvalue weighted by Gasteiger charge is -2.24. The Labute approximate surface area is 242 Å². The molecule has 3 heterocycles. The molecule has 4 aromatic rings. The first-order chi connectivity index (χ1) is 20.0. The maximum absolute atomic E-state index is 12.8. The molecule has 2 N–H and O–H groups in total. The second-order valence-corrected chi connectivity index (χ2v) is 11.1. The van der Waals surface area contributed by atoms with Crippen molar-refractivity contribution in [1.82, 2.24) is 19.4 Å². The summed E-state index contributed by atoms with van der Waals surface area (Å²) in [5, 5.41) is 0. The predicted molar refractivity (Wildman–Crippen MR) is 155 cm³/mol. The van der Waals surface area contributed by atoms with Crippen molar-refractivity contribution in [3.63, 3.8) is 0 Å². The highest BCUT2D eigenvalue weighted by molar-refractivity contribution is 5.78. The largest absolute Gasteiger partial charge is 0.573 e. The number of alkyl halides is 3. The Hall–Kier alpha value is -4.12. The van der Waals surface area contributed by atoms with Gasteiger partial charge in [0, 0.05) is 37.4 Å². The van der Waals surface area contributed by atoms with Crippen LogP contribution in [0.5, 0.6) is 5.75 Å². The highest BCUT2D eigenvalue weighted by atomic mass is 19.4. The number of benzene rings is 2. The van der Waals surface area contributed by atoms with Crippen LogP contribution in [0.4, 0.5) is 18.9 Å². The van der Waals surface area contributed by atoms with E-state index < -0.39 is 18.2 Å². The number of carbonyl (C=O) groups is 1. The molecule has 1 amide bonds. The van der Waals surface area contributed by atoms with Crippen LogP contribution in [-0.2, 0) is 17.8 Å². The first-order valence-corrected chi connectivity index (χ1v) is 13.9. The highest BCUT2D eigenvalue weighted by Crippen LogP contribution is 2.31. The smallest absolute Gasteiger partial charge is 0.406 e. The summed E-state index contributed by atoms with van der Waals surface area (Å²) in [5.41, 5.74) is 10.1. The monoisotopic (exact) mass is 580 g/mol. The van der Waals surface area contributed by atoms with Crippen LogP contribution >= 0.6 is 0 Å². The molecule has 8 nitrogen and oxygen atoms in total. The lowest BCUT2D eigenvalue weighted by molar-refractivity contribution is -0.274. The Morgan fingerprint density at radius 3 is 2.45 bits per heavy atom. The molecular weight excluding hydrogens is 545 g/mol. The van der Waals surface area contributed by atoms with E-state index in [-0.39, 0.29) is 18.1 Å². The van der Waals surface area contributed by atoms with Crippen molar-refractivity contribution < 1.29 is 22.7 Å². The number of halogens is 3. The molecule has 11 heteroatoms. The van der Waals surface area contributed by atoms with Crippen LogP contribution in [-0.4, -0.2) is 64.9 Å². The van der Waals surface area contributed by atoms with Crippen LogP contribution in [0.3, 0.4) is 0 Å². The summed E-state index contributed by atoms with van der Waals surface area (Å²) in [6.45, 7) is 4.28. The molecular formula is C31H35F3N6O2. The van der Waals surface area contributed by atoms with Gasteiger partial charge in [-0.1, -0.05) is 31.2 Å². The molecule has 1 aliphatic rings. The van der Waals surface area contributed by atoms with Crippen LogP contribution in [0.15, 0.2) is 66.9 Å². The number of aromatic nitrogens is 3. The fourth-order valence-electron chi connectivity index (χ4n) is 5.65. The van der Waals surface area contributed by atoms with Crippen molar-refractivity contribution in [2.75, 3.05) is 32.1 Å². The van der Waals surface area contributed by atoms with E-state index in [1.807, 2.05) is 17.6 Å². The number of carbonyl (C=O) groups excluding carboxylic acids is 1. The zero-order chi connectivity index (χ0) is 30.0. The summed E-state index contributed by atoms with van der Waals surface area (Å²) in [7, 11) is 4.22. The second-order valence-electron chi connectivity index (χ2n) is 11.1. The Bertz CT molecular complexity index is 1520.